The third-order valence-electron chi connectivity index (χ3n) is 6.52. The number of para-hydroxylation sites is 1. The number of aryl methyl sites for hydroxylation is 1. The summed E-state index contributed by atoms with van der Waals surface area (Å²) in [4.78, 5) is 16.3. The smallest absolute Gasteiger partial charge is 0.299 e. The fourth-order valence-electron chi connectivity index (χ4n) is 4.37. The maximum absolute atomic E-state index is 14.8. The van der Waals surface area contributed by atoms with E-state index in [1.807, 2.05) is 0 Å². The highest BCUT2D eigenvalue weighted by molar-refractivity contribution is 7.90. The summed E-state index contributed by atoms with van der Waals surface area (Å²) in [5.74, 6) is -1.37. The minimum atomic E-state index is -4.23. The molecule has 0 aliphatic rings. The molecule has 224 valence electrons. The largest absolute Gasteiger partial charge is 0.454 e. The van der Waals surface area contributed by atoms with Crippen LogP contribution >= 0.6 is 0 Å². The van der Waals surface area contributed by atoms with E-state index < -0.39 is 39.8 Å². The molecule has 2 heterocycles. The number of aromatic nitrogens is 3. The van der Waals surface area contributed by atoms with Crippen molar-refractivity contribution in [2.45, 2.75) is 26.3 Å². The van der Waals surface area contributed by atoms with Crippen LogP contribution in [0.1, 0.15) is 35.5 Å². The Morgan fingerprint density at radius 1 is 1.12 bits per heavy atom. The van der Waals surface area contributed by atoms with Crippen LogP contribution in [0.15, 0.2) is 66.9 Å². The van der Waals surface area contributed by atoms with Gasteiger partial charge in [-0.2, -0.15) is 18.2 Å². The van der Waals surface area contributed by atoms with Crippen LogP contribution in [0.5, 0.6) is 11.5 Å². The Morgan fingerprint density at radius 3 is 2.56 bits per heavy atom. The van der Waals surface area contributed by atoms with Crippen molar-refractivity contribution in [1.82, 2.24) is 19.5 Å². The van der Waals surface area contributed by atoms with Crippen LogP contribution in [0.4, 0.5) is 20.3 Å². The van der Waals surface area contributed by atoms with E-state index in [9.17, 15) is 27.1 Å². The lowest BCUT2D eigenvalue weighted by atomic mass is 10.1. The number of aromatic amines is 1. The molecule has 0 unspecified atom stereocenters. The van der Waals surface area contributed by atoms with Gasteiger partial charge in [0, 0.05) is 10.9 Å². The molecular weight excluding hydrogens is 582 g/mol. The summed E-state index contributed by atoms with van der Waals surface area (Å²) in [6, 6.07) is 14.7. The van der Waals surface area contributed by atoms with E-state index in [0.29, 0.717) is 22.4 Å². The van der Waals surface area contributed by atoms with Gasteiger partial charge < -0.3 is 20.6 Å². The zero-order chi connectivity index (χ0) is 31.1. The van der Waals surface area contributed by atoms with Gasteiger partial charge in [0.1, 0.15) is 17.4 Å². The molecule has 0 atom stereocenters. The summed E-state index contributed by atoms with van der Waals surface area (Å²) in [7, 11) is -4.23. The predicted molar refractivity (Wildman–Crippen MR) is 158 cm³/mol. The maximum atomic E-state index is 14.8. The topological polar surface area (TPSA) is 164 Å². The molecule has 0 bridgehead atoms. The molecule has 0 fully saturated rings. The summed E-state index contributed by atoms with van der Waals surface area (Å²) >= 11 is 0. The van der Waals surface area contributed by atoms with Crippen LogP contribution in [0.2, 0.25) is 0 Å². The van der Waals surface area contributed by atoms with Gasteiger partial charge in [0.15, 0.2) is 11.6 Å². The van der Waals surface area contributed by atoms with Crippen molar-refractivity contribution in [3.8, 4) is 17.2 Å². The Kier molecular flexibility index (Phi) is 7.69. The van der Waals surface area contributed by atoms with Crippen LogP contribution in [0.25, 0.3) is 16.6 Å². The Bertz CT molecular complexity index is 1970. The standard InChI is InChI=1S/C29H28F2N6O5S/c1-16-10-18(42-26-7-5-4-6-20(26)30)8-9-25(16)37-28(32)19(14-33-37)27(39)24-12-17-11-21(31)23(13-22(17)34-24)35-43(40,41)36-29(2,3)15-38/h4-14,34-36,38H,15,32H2,1-3H3. The lowest BCUT2D eigenvalue weighted by molar-refractivity contribution is 0.103. The summed E-state index contributed by atoms with van der Waals surface area (Å²) in [5.41, 5.74) is 6.47. The van der Waals surface area contributed by atoms with Gasteiger partial charge in [-0.1, -0.05) is 12.1 Å². The van der Waals surface area contributed by atoms with Gasteiger partial charge in [0.05, 0.1) is 41.0 Å². The Morgan fingerprint density at radius 2 is 1.86 bits per heavy atom. The average molecular weight is 611 g/mol. The molecule has 5 rings (SSSR count). The SMILES string of the molecule is Cc1cc(Oc2ccccc2F)ccc1-n1ncc(C(=O)c2cc3cc(F)c(NS(=O)(=O)NC(C)(C)CO)cc3[nH]2)c1N. The number of carbonyl (C=O) groups excluding carboxylic acids is 1. The minimum Gasteiger partial charge on any atom is -0.454 e. The second-order valence-electron chi connectivity index (χ2n) is 10.5. The quantitative estimate of drug-likeness (QED) is 0.145. The first-order valence-corrected chi connectivity index (χ1v) is 14.4. The van der Waals surface area contributed by atoms with E-state index >= 15 is 0 Å². The number of ether oxygens (including phenoxy) is 1. The Hall–Kier alpha value is -4.79. The highest BCUT2D eigenvalue weighted by Crippen LogP contribution is 2.30. The number of benzene rings is 3. The number of halogens is 2. The number of H-pyrrole nitrogens is 1. The molecule has 43 heavy (non-hydrogen) atoms. The third kappa shape index (κ3) is 6.21. The van der Waals surface area contributed by atoms with E-state index in [0.717, 1.165) is 6.07 Å². The maximum Gasteiger partial charge on any atom is 0.299 e. The van der Waals surface area contributed by atoms with Crippen LogP contribution in [-0.4, -0.2) is 46.2 Å². The van der Waals surface area contributed by atoms with Gasteiger partial charge in [-0.25, -0.2) is 13.5 Å². The molecular formula is C29H28F2N6O5S. The highest BCUT2D eigenvalue weighted by atomic mass is 32.2. The van der Waals surface area contributed by atoms with Crippen molar-refractivity contribution in [3.05, 3.63) is 95.3 Å². The number of nitrogens with one attached hydrogen (secondary N) is 3. The lowest BCUT2D eigenvalue weighted by Crippen LogP contribution is -2.48. The summed E-state index contributed by atoms with van der Waals surface area (Å²) in [5, 5.41) is 13.9. The number of hydrogen-bond donors (Lipinski definition) is 5. The molecule has 0 aliphatic carbocycles. The number of nitrogens with zero attached hydrogens (tertiary/aromatic N) is 2. The molecule has 14 heteroatoms. The van der Waals surface area contributed by atoms with Gasteiger partial charge in [-0.3, -0.25) is 9.52 Å². The number of aliphatic hydroxyl groups excluding tert-OH is 1. The molecule has 0 saturated carbocycles. The van der Waals surface area contributed by atoms with Crippen molar-refractivity contribution in [2.24, 2.45) is 0 Å². The molecule has 5 aromatic rings. The fourth-order valence-corrected chi connectivity index (χ4v) is 5.66. The molecule has 3 aromatic carbocycles. The first kappa shape index (κ1) is 29.7. The molecule has 0 amide bonds. The molecule has 0 radical (unpaired) electrons. The summed E-state index contributed by atoms with van der Waals surface area (Å²) < 4.78 is 65.0. The number of fused-ring (bicyclic) bond motifs is 1. The van der Waals surface area contributed by atoms with Crippen LogP contribution < -0.4 is 19.9 Å². The first-order valence-electron chi connectivity index (χ1n) is 12.9. The number of aliphatic hydroxyl groups is 1. The molecule has 0 saturated heterocycles. The number of anilines is 2. The molecule has 0 aliphatic heterocycles. The van der Waals surface area contributed by atoms with Crippen molar-refractivity contribution in [2.75, 3.05) is 17.1 Å². The summed E-state index contributed by atoms with van der Waals surface area (Å²) in [6.07, 6.45) is 1.31. The van der Waals surface area contributed by atoms with Crippen LogP contribution in [0.3, 0.4) is 0 Å². The number of hydrogen-bond acceptors (Lipinski definition) is 7. The predicted octanol–water partition coefficient (Wildman–Crippen LogP) is 4.56. The van der Waals surface area contributed by atoms with Gasteiger partial charge in [0.2, 0.25) is 5.78 Å². The molecule has 2 aromatic heterocycles. The molecule has 0 spiro atoms. The fraction of sp³-hybridized carbons (Fsp3) is 0.172. The highest BCUT2D eigenvalue weighted by Gasteiger charge is 2.26. The van der Waals surface area contributed by atoms with E-state index in [1.165, 1.54) is 49.0 Å². The summed E-state index contributed by atoms with van der Waals surface area (Å²) in [6.45, 7) is 4.22. The monoisotopic (exact) mass is 610 g/mol. The number of nitrogen functional groups attached to an aromatic ring is 1. The van der Waals surface area contributed by atoms with E-state index in [-0.39, 0.29) is 34.0 Å². The van der Waals surface area contributed by atoms with Crippen molar-refractivity contribution in [3.63, 3.8) is 0 Å². The van der Waals surface area contributed by atoms with Crippen LogP contribution in [0, 0.1) is 18.6 Å². The van der Waals surface area contributed by atoms with Crippen molar-refractivity contribution < 1.29 is 31.8 Å². The van der Waals surface area contributed by atoms with Gasteiger partial charge in [-0.15, -0.1) is 0 Å². The Balaban J connectivity index is 1.39. The van der Waals surface area contributed by atoms with Gasteiger partial charge in [-0.05, 0) is 74.9 Å². The number of carbonyl (C=O) groups is 1. The molecule has 6 N–H and O–H groups in total. The van der Waals surface area contributed by atoms with Crippen LogP contribution in [-0.2, 0) is 10.2 Å². The third-order valence-corrected chi connectivity index (χ3v) is 7.83. The first-order chi connectivity index (χ1) is 20.3. The Labute approximate surface area is 245 Å². The number of nitrogens with two attached hydrogens (primary N) is 1. The second kappa shape index (κ2) is 11.1. The van der Waals surface area contributed by atoms with E-state index in [2.05, 4.69) is 19.5 Å². The zero-order valence-electron chi connectivity index (χ0n) is 23.3. The normalized spacial score (nSPS) is 12.0. The minimum absolute atomic E-state index is 0.0479. The van der Waals surface area contributed by atoms with Gasteiger partial charge >= 0.3 is 0 Å². The lowest BCUT2D eigenvalue weighted by Gasteiger charge is -2.23. The number of rotatable bonds is 10. The van der Waals surface area contributed by atoms with Gasteiger partial charge in [0.25, 0.3) is 10.2 Å². The zero-order valence-corrected chi connectivity index (χ0v) is 24.1. The van der Waals surface area contributed by atoms with E-state index in [4.69, 9.17) is 10.5 Å². The van der Waals surface area contributed by atoms with E-state index in [1.54, 1.807) is 37.3 Å². The second-order valence-corrected chi connectivity index (χ2v) is 11.9. The van der Waals surface area contributed by atoms with Crippen molar-refractivity contribution >= 4 is 38.4 Å². The average Bonchev–Trinajstić information content (AvgIpc) is 3.52. The van der Waals surface area contributed by atoms with Crippen molar-refractivity contribution in [1.29, 1.82) is 0 Å². The molecule has 11 nitrogen and oxygen atoms in total. The number of ketones is 1.